The first-order valence-electron chi connectivity index (χ1n) is 9.83. The third-order valence-corrected chi connectivity index (χ3v) is 8.00. The minimum absolute atomic E-state index is 0.0752. The normalized spacial score (nSPS) is 12.0. The van der Waals surface area contributed by atoms with Gasteiger partial charge in [0.2, 0.25) is 10.0 Å². The first-order chi connectivity index (χ1) is 14.6. The molecule has 0 spiro atoms. The molecule has 3 aromatic carbocycles. The third kappa shape index (κ3) is 5.72. The molecule has 3 aromatic rings. The fourth-order valence-corrected chi connectivity index (χ4v) is 6.10. The Morgan fingerprint density at radius 1 is 0.742 bits per heavy atom. The van der Waals surface area contributed by atoms with Crippen molar-refractivity contribution >= 4 is 25.7 Å². The summed E-state index contributed by atoms with van der Waals surface area (Å²) in [5.74, 6) is 0. The second-order valence-corrected chi connectivity index (χ2v) is 10.9. The van der Waals surface area contributed by atoms with Crippen LogP contribution in [0.25, 0.3) is 0 Å². The van der Waals surface area contributed by atoms with Gasteiger partial charge in [-0.15, -0.1) is 0 Å². The summed E-state index contributed by atoms with van der Waals surface area (Å²) in [6.45, 7) is 5.69. The molecular formula is C23H26N2O4S2. The van der Waals surface area contributed by atoms with E-state index in [1.54, 1.807) is 13.8 Å². The topological polar surface area (TPSA) is 92.3 Å². The highest BCUT2D eigenvalue weighted by atomic mass is 32.2. The zero-order valence-electron chi connectivity index (χ0n) is 17.7. The number of nitrogens with one attached hydrogen (secondary N) is 2. The van der Waals surface area contributed by atoms with Crippen molar-refractivity contribution in [3.63, 3.8) is 0 Å². The minimum atomic E-state index is -3.80. The number of aryl methyl sites for hydroxylation is 3. The van der Waals surface area contributed by atoms with E-state index < -0.39 is 20.0 Å². The van der Waals surface area contributed by atoms with E-state index in [4.69, 9.17) is 0 Å². The Morgan fingerprint density at radius 3 is 1.90 bits per heavy atom. The molecule has 0 fully saturated rings. The monoisotopic (exact) mass is 458 g/mol. The quantitative estimate of drug-likeness (QED) is 0.535. The maximum atomic E-state index is 12.9. The first kappa shape index (κ1) is 23.0. The van der Waals surface area contributed by atoms with Crippen LogP contribution in [-0.4, -0.2) is 23.4 Å². The average molecular weight is 459 g/mol. The minimum Gasteiger partial charge on any atom is -0.280 e. The van der Waals surface area contributed by atoms with Gasteiger partial charge in [-0.05, 0) is 68.1 Å². The van der Waals surface area contributed by atoms with E-state index in [-0.39, 0.29) is 16.3 Å². The van der Waals surface area contributed by atoms with Crippen molar-refractivity contribution in [3.8, 4) is 0 Å². The number of sulfonamides is 2. The van der Waals surface area contributed by atoms with E-state index in [0.29, 0.717) is 23.2 Å². The average Bonchev–Trinajstić information content (AvgIpc) is 2.67. The van der Waals surface area contributed by atoms with Crippen LogP contribution in [0.2, 0.25) is 0 Å². The fraction of sp³-hybridized carbons (Fsp3) is 0.217. The Labute approximate surface area is 184 Å². The van der Waals surface area contributed by atoms with E-state index in [9.17, 15) is 16.8 Å². The molecule has 8 heteroatoms. The summed E-state index contributed by atoms with van der Waals surface area (Å²) in [6.07, 6.45) is 0.577. The van der Waals surface area contributed by atoms with Gasteiger partial charge in [0.1, 0.15) is 0 Å². The van der Waals surface area contributed by atoms with Crippen molar-refractivity contribution in [2.45, 2.75) is 37.0 Å². The summed E-state index contributed by atoms with van der Waals surface area (Å²) < 4.78 is 55.9. The molecular weight excluding hydrogens is 432 g/mol. The van der Waals surface area contributed by atoms with Crippen molar-refractivity contribution in [2.75, 3.05) is 11.3 Å². The molecule has 31 heavy (non-hydrogen) atoms. The summed E-state index contributed by atoms with van der Waals surface area (Å²) in [4.78, 5) is 0.309. The van der Waals surface area contributed by atoms with E-state index >= 15 is 0 Å². The van der Waals surface area contributed by atoms with Crippen LogP contribution >= 0.6 is 0 Å². The molecule has 0 aromatic heterocycles. The smallest absolute Gasteiger partial charge is 0.262 e. The van der Waals surface area contributed by atoms with E-state index in [1.165, 1.54) is 24.3 Å². The number of rotatable bonds is 8. The Bertz CT molecular complexity index is 1250. The van der Waals surface area contributed by atoms with Crippen LogP contribution in [0.5, 0.6) is 0 Å². The highest BCUT2D eigenvalue weighted by Gasteiger charge is 2.20. The third-order valence-electron chi connectivity index (χ3n) is 4.84. The largest absolute Gasteiger partial charge is 0.280 e. The van der Waals surface area contributed by atoms with Crippen LogP contribution in [0.3, 0.4) is 0 Å². The molecule has 0 aliphatic carbocycles. The predicted molar refractivity (Wildman–Crippen MR) is 123 cm³/mol. The molecule has 3 rings (SSSR count). The van der Waals surface area contributed by atoms with Gasteiger partial charge < -0.3 is 0 Å². The van der Waals surface area contributed by atoms with Gasteiger partial charge in [0.05, 0.1) is 9.79 Å². The summed E-state index contributed by atoms with van der Waals surface area (Å²) >= 11 is 0. The van der Waals surface area contributed by atoms with Crippen LogP contribution in [-0.2, 0) is 26.5 Å². The lowest BCUT2D eigenvalue weighted by molar-refractivity contribution is 0.581. The van der Waals surface area contributed by atoms with Crippen LogP contribution in [0, 0.1) is 20.8 Å². The molecule has 0 radical (unpaired) electrons. The molecule has 0 bridgehead atoms. The summed E-state index contributed by atoms with van der Waals surface area (Å²) in [7, 11) is -7.49. The standard InChI is InChI=1S/C23H26N2O4S2/c1-17-15-18(2)23(19(3)16-17)31(28,29)25-21-9-11-22(12-10-21)30(26,27)24-14-13-20-7-5-4-6-8-20/h4-12,15-16,24-25H,13-14H2,1-3H3. The lowest BCUT2D eigenvalue weighted by atomic mass is 10.1. The van der Waals surface area contributed by atoms with E-state index in [2.05, 4.69) is 9.44 Å². The van der Waals surface area contributed by atoms with Gasteiger partial charge in [-0.3, -0.25) is 4.72 Å². The van der Waals surface area contributed by atoms with Crippen LogP contribution < -0.4 is 9.44 Å². The van der Waals surface area contributed by atoms with Crippen molar-refractivity contribution in [2.24, 2.45) is 0 Å². The van der Waals surface area contributed by atoms with Gasteiger partial charge in [-0.2, -0.15) is 0 Å². The zero-order chi connectivity index (χ0) is 22.6. The van der Waals surface area contributed by atoms with Crippen molar-refractivity contribution in [1.29, 1.82) is 0 Å². The van der Waals surface area contributed by atoms with Crippen molar-refractivity contribution in [3.05, 3.63) is 89.0 Å². The maximum Gasteiger partial charge on any atom is 0.262 e. The van der Waals surface area contributed by atoms with Gasteiger partial charge in [0, 0.05) is 12.2 Å². The number of hydrogen-bond donors (Lipinski definition) is 2. The summed E-state index contributed by atoms with van der Waals surface area (Å²) in [5.41, 5.74) is 3.64. The predicted octanol–water partition coefficient (Wildman–Crippen LogP) is 3.93. The highest BCUT2D eigenvalue weighted by molar-refractivity contribution is 7.92. The van der Waals surface area contributed by atoms with E-state index in [0.717, 1.165) is 11.1 Å². The van der Waals surface area contributed by atoms with Crippen LogP contribution in [0.1, 0.15) is 22.3 Å². The molecule has 0 unspecified atom stereocenters. The lowest BCUT2D eigenvalue weighted by Gasteiger charge is -2.14. The molecule has 0 atom stereocenters. The SMILES string of the molecule is Cc1cc(C)c(S(=O)(=O)Nc2ccc(S(=O)(=O)NCCc3ccccc3)cc2)c(C)c1. The van der Waals surface area contributed by atoms with Gasteiger partial charge in [0.25, 0.3) is 10.0 Å². The van der Waals surface area contributed by atoms with Crippen LogP contribution in [0.15, 0.2) is 76.5 Å². The zero-order valence-corrected chi connectivity index (χ0v) is 19.3. The van der Waals surface area contributed by atoms with Gasteiger partial charge >= 0.3 is 0 Å². The number of benzene rings is 3. The summed E-state index contributed by atoms with van der Waals surface area (Å²) in [6, 6.07) is 18.9. The maximum absolute atomic E-state index is 12.9. The second-order valence-electron chi connectivity index (χ2n) is 7.49. The molecule has 0 amide bonds. The van der Waals surface area contributed by atoms with Crippen molar-refractivity contribution < 1.29 is 16.8 Å². The molecule has 2 N–H and O–H groups in total. The Morgan fingerprint density at radius 2 is 1.32 bits per heavy atom. The Balaban J connectivity index is 1.71. The second kappa shape index (κ2) is 9.21. The van der Waals surface area contributed by atoms with Gasteiger partial charge in [-0.1, -0.05) is 48.0 Å². The Hall–Kier alpha value is -2.68. The van der Waals surface area contributed by atoms with Gasteiger partial charge in [0.15, 0.2) is 0 Å². The van der Waals surface area contributed by atoms with E-state index in [1.807, 2.05) is 49.4 Å². The molecule has 0 saturated carbocycles. The van der Waals surface area contributed by atoms with Crippen molar-refractivity contribution in [1.82, 2.24) is 4.72 Å². The first-order valence-corrected chi connectivity index (χ1v) is 12.8. The fourth-order valence-electron chi connectivity index (χ4n) is 3.56. The molecule has 0 aliphatic rings. The van der Waals surface area contributed by atoms with Crippen LogP contribution in [0.4, 0.5) is 5.69 Å². The molecule has 6 nitrogen and oxygen atoms in total. The molecule has 0 heterocycles. The lowest BCUT2D eigenvalue weighted by Crippen LogP contribution is -2.26. The Kier molecular flexibility index (Phi) is 6.83. The molecule has 0 aliphatic heterocycles. The molecule has 0 saturated heterocycles. The number of hydrogen-bond acceptors (Lipinski definition) is 4. The highest BCUT2D eigenvalue weighted by Crippen LogP contribution is 2.25. The summed E-state index contributed by atoms with van der Waals surface area (Å²) in [5, 5.41) is 0. The molecule has 164 valence electrons. The van der Waals surface area contributed by atoms with Gasteiger partial charge in [-0.25, -0.2) is 21.6 Å². The number of anilines is 1.